The van der Waals surface area contributed by atoms with Crippen LogP contribution in [0, 0.1) is 0 Å². The molecule has 0 fully saturated rings. The van der Waals surface area contributed by atoms with E-state index in [2.05, 4.69) is 51.3 Å². The van der Waals surface area contributed by atoms with Crippen LogP contribution in [0.25, 0.3) is 0 Å². The highest BCUT2D eigenvalue weighted by atomic mass is 28.1. The fourth-order valence-electron chi connectivity index (χ4n) is 2.94. The van der Waals surface area contributed by atoms with Gasteiger partial charge in [0, 0.05) is 10.2 Å². The van der Waals surface area contributed by atoms with Crippen molar-refractivity contribution in [3.8, 4) is 0 Å². The summed E-state index contributed by atoms with van der Waals surface area (Å²) in [7, 11) is 1.28. The Morgan fingerprint density at radius 1 is 0.875 bits per heavy atom. The van der Waals surface area contributed by atoms with E-state index in [-0.39, 0.29) is 5.66 Å². The molecule has 0 bridgehead atoms. The molecular formula is C13H32N2Si. The van der Waals surface area contributed by atoms with Crippen LogP contribution in [0.5, 0.6) is 0 Å². The van der Waals surface area contributed by atoms with Crippen LogP contribution in [0.4, 0.5) is 0 Å². The Morgan fingerprint density at radius 2 is 1.19 bits per heavy atom. The molecule has 0 spiro atoms. The van der Waals surface area contributed by atoms with Crippen molar-refractivity contribution in [2.75, 3.05) is 26.2 Å². The van der Waals surface area contributed by atoms with Gasteiger partial charge >= 0.3 is 0 Å². The Bertz CT molecular complexity index is 165. The van der Waals surface area contributed by atoms with Crippen LogP contribution in [0.1, 0.15) is 48.0 Å². The van der Waals surface area contributed by atoms with Crippen LogP contribution in [0.2, 0.25) is 5.54 Å². The van der Waals surface area contributed by atoms with Gasteiger partial charge in [-0.25, -0.2) is 0 Å². The molecule has 0 aromatic rings. The van der Waals surface area contributed by atoms with E-state index in [4.69, 9.17) is 0 Å². The second-order valence-corrected chi connectivity index (χ2v) is 6.14. The minimum atomic E-state index is 0.272. The van der Waals surface area contributed by atoms with Crippen LogP contribution < -0.4 is 0 Å². The SMILES string of the molecule is CCC([SiH3])C(C)(N(CC)CC)N(CC)CC. The third-order valence-electron chi connectivity index (χ3n) is 4.35. The molecule has 0 heterocycles. The van der Waals surface area contributed by atoms with Crippen molar-refractivity contribution in [2.24, 2.45) is 0 Å². The first-order chi connectivity index (χ1) is 7.52. The van der Waals surface area contributed by atoms with Crippen LogP contribution >= 0.6 is 0 Å². The number of nitrogens with zero attached hydrogens (tertiary/aromatic N) is 2. The van der Waals surface area contributed by atoms with E-state index in [1.54, 1.807) is 0 Å². The molecule has 1 unspecified atom stereocenters. The van der Waals surface area contributed by atoms with Gasteiger partial charge in [0.1, 0.15) is 0 Å². The second-order valence-electron chi connectivity index (χ2n) is 4.75. The van der Waals surface area contributed by atoms with Crippen LogP contribution in [-0.2, 0) is 0 Å². The zero-order chi connectivity index (χ0) is 12.8. The van der Waals surface area contributed by atoms with Crippen molar-refractivity contribution in [1.82, 2.24) is 9.80 Å². The molecule has 0 aliphatic heterocycles. The summed E-state index contributed by atoms with van der Waals surface area (Å²) in [6.45, 7) is 18.6. The Hall–Kier alpha value is 0.137. The van der Waals surface area contributed by atoms with Crippen molar-refractivity contribution in [3.63, 3.8) is 0 Å². The second kappa shape index (κ2) is 7.46. The van der Waals surface area contributed by atoms with Crippen LogP contribution in [0.3, 0.4) is 0 Å². The van der Waals surface area contributed by atoms with Gasteiger partial charge in [0.05, 0.1) is 5.66 Å². The lowest BCUT2D eigenvalue weighted by Crippen LogP contribution is -2.61. The Labute approximate surface area is 106 Å². The zero-order valence-electron chi connectivity index (χ0n) is 12.5. The van der Waals surface area contributed by atoms with E-state index in [9.17, 15) is 0 Å². The molecule has 0 aromatic heterocycles. The zero-order valence-corrected chi connectivity index (χ0v) is 14.5. The first-order valence-corrected chi connectivity index (χ1v) is 8.18. The molecule has 0 saturated heterocycles. The molecule has 3 heteroatoms. The largest absolute Gasteiger partial charge is 0.286 e. The van der Waals surface area contributed by atoms with E-state index < -0.39 is 0 Å². The molecule has 0 N–H and O–H groups in total. The molecule has 98 valence electrons. The number of hydrogen-bond donors (Lipinski definition) is 0. The van der Waals surface area contributed by atoms with E-state index in [0.29, 0.717) is 0 Å². The highest BCUT2D eigenvalue weighted by Crippen LogP contribution is 2.33. The normalized spacial score (nSPS) is 15.0. The summed E-state index contributed by atoms with van der Waals surface area (Å²) in [4.78, 5) is 5.28. The monoisotopic (exact) mass is 244 g/mol. The minimum Gasteiger partial charge on any atom is -0.286 e. The fourth-order valence-corrected chi connectivity index (χ4v) is 3.67. The molecule has 1 atom stereocenters. The van der Waals surface area contributed by atoms with Crippen molar-refractivity contribution in [2.45, 2.75) is 59.2 Å². The highest BCUT2D eigenvalue weighted by Gasteiger charge is 2.38. The average Bonchev–Trinajstić information content (AvgIpc) is 2.30. The van der Waals surface area contributed by atoms with Gasteiger partial charge in [-0.1, -0.05) is 41.0 Å². The maximum Gasteiger partial charge on any atom is 0.0704 e. The summed E-state index contributed by atoms with van der Waals surface area (Å²) in [5, 5.41) is 0. The maximum absolute atomic E-state index is 2.64. The predicted molar refractivity (Wildman–Crippen MR) is 78.2 cm³/mol. The molecule has 0 aliphatic carbocycles. The van der Waals surface area contributed by atoms with Crippen molar-refractivity contribution in [3.05, 3.63) is 0 Å². The fraction of sp³-hybridized carbons (Fsp3) is 1.00. The molecule has 0 rings (SSSR count). The van der Waals surface area contributed by atoms with Crippen molar-refractivity contribution in [1.29, 1.82) is 0 Å². The van der Waals surface area contributed by atoms with Crippen molar-refractivity contribution < 1.29 is 0 Å². The molecule has 16 heavy (non-hydrogen) atoms. The summed E-state index contributed by atoms with van der Waals surface area (Å²) in [5.41, 5.74) is 1.11. The smallest absolute Gasteiger partial charge is 0.0704 e. The summed E-state index contributed by atoms with van der Waals surface area (Å²) < 4.78 is 0. The van der Waals surface area contributed by atoms with Gasteiger partial charge in [-0.15, -0.1) is 0 Å². The maximum atomic E-state index is 2.64. The first-order valence-electron chi connectivity index (χ1n) is 7.02. The molecule has 0 saturated carbocycles. The van der Waals surface area contributed by atoms with E-state index >= 15 is 0 Å². The average molecular weight is 244 g/mol. The molecule has 0 aromatic carbocycles. The van der Waals surface area contributed by atoms with Gasteiger partial charge in [0.25, 0.3) is 0 Å². The Balaban J connectivity index is 5.13. The number of rotatable bonds is 8. The quantitative estimate of drug-likeness (QED) is 0.476. The van der Waals surface area contributed by atoms with E-state index in [1.165, 1.54) is 16.7 Å². The molecule has 2 nitrogen and oxygen atoms in total. The third-order valence-corrected chi connectivity index (χ3v) is 6.26. The topological polar surface area (TPSA) is 6.48 Å². The summed E-state index contributed by atoms with van der Waals surface area (Å²) in [5.74, 6) is 0. The van der Waals surface area contributed by atoms with Gasteiger partial charge in [-0.05, 0) is 38.6 Å². The third kappa shape index (κ3) is 3.08. The minimum absolute atomic E-state index is 0.272. The van der Waals surface area contributed by atoms with Crippen LogP contribution in [-0.4, -0.2) is 51.9 Å². The molecular weight excluding hydrogens is 212 g/mol. The lowest BCUT2D eigenvalue weighted by molar-refractivity contribution is -0.0416. The summed E-state index contributed by atoms with van der Waals surface area (Å²) in [6.07, 6.45) is 1.30. The molecule has 0 aliphatic rings. The lowest BCUT2D eigenvalue weighted by atomic mass is 10.0. The van der Waals surface area contributed by atoms with Gasteiger partial charge in [0.2, 0.25) is 0 Å². The van der Waals surface area contributed by atoms with Gasteiger partial charge in [-0.2, -0.15) is 0 Å². The summed E-state index contributed by atoms with van der Waals surface area (Å²) in [6, 6.07) is 0. The lowest BCUT2D eigenvalue weighted by Gasteiger charge is -2.51. The number of hydrogen-bond acceptors (Lipinski definition) is 2. The van der Waals surface area contributed by atoms with Crippen molar-refractivity contribution >= 4 is 10.2 Å². The van der Waals surface area contributed by atoms with E-state index in [0.717, 1.165) is 31.7 Å². The van der Waals surface area contributed by atoms with Gasteiger partial charge in [0.15, 0.2) is 0 Å². The predicted octanol–water partition coefficient (Wildman–Crippen LogP) is 1.95. The first kappa shape index (κ1) is 16.1. The molecule has 0 amide bonds. The highest BCUT2D eigenvalue weighted by molar-refractivity contribution is 6.12. The standard InChI is InChI=1S/C13H32N2Si/c1-7-12(16)13(6,14(8-2)9-3)15(10-4)11-5/h12H,7-11H2,1-6,16H3. The molecule has 0 radical (unpaired) electrons. The van der Waals surface area contributed by atoms with Gasteiger partial charge in [-0.3, -0.25) is 9.80 Å². The Morgan fingerprint density at radius 3 is 1.38 bits per heavy atom. The Kier molecular flexibility index (Phi) is 7.52. The van der Waals surface area contributed by atoms with Crippen LogP contribution in [0.15, 0.2) is 0 Å². The van der Waals surface area contributed by atoms with E-state index in [1.807, 2.05) is 0 Å². The van der Waals surface area contributed by atoms with Gasteiger partial charge < -0.3 is 0 Å². The summed E-state index contributed by atoms with van der Waals surface area (Å²) >= 11 is 0.